The minimum absolute atomic E-state index is 0.220. The zero-order valence-electron chi connectivity index (χ0n) is 12.4. The van der Waals surface area contributed by atoms with E-state index in [0.717, 1.165) is 24.2 Å². The van der Waals surface area contributed by atoms with E-state index in [1.807, 2.05) is 13.8 Å². The van der Waals surface area contributed by atoms with Crippen LogP contribution in [-0.2, 0) is 4.79 Å². The monoisotopic (exact) mass is 264 g/mol. The fourth-order valence-electron chi connectivity index (χ4n) is 5.32. The van der Waals surface area contributed by atoms with Crippen molar-refractivity contribution in [1.29, 1.82) is 0 Å². The SMILES string of the molecule is CC(C)(CN)NC(=O)CC12CC3CC(CC(C3)C1)C2. The molecular weight excluding hydrogens is 236 g/mol. The van der Waals surface area contributed by atoms with Crippen molar-refractivity contribution in [3.05, 3.63) is 0 Å². The summed E-state index contributed by atoms with van der Waals surface area (Å²) in [5.41, 5.74) is 5.77. The van der Waals surface area contributed by atoms with Crippen LogP contribution in [0.2, 0.25) is 0 Å². The first-order valence-electron chi connectivity index (χ1n) is 7.91. The highest BCUT2D eigenvalue weighted by atomic mass is 16.1. The lowest BCUT2D eigenvalue weighted by atomic mass is 9.49. The van der Waals surface area contributed by atoms with E-state index in [9.17, 15) is 4.79 Å². The topological polar surface area (TPSA) is 55.1 Å². The zero-order valence-corrected chi connectivity index (χ0v) is 12.4. The average Bonchev–Trinajstić information content (AvgIpc) is 2.25. The van der Waals surface area contributed by atoms with E-state index < -0.39 is 0 Å². The summed E-state index contributed by atoms with van der Waals surface area (Å²) in [6.45, 7) is 4.51. The van der Waals surface area contributed by atoms with Crippen LogP contribution in [0.15, 0.2) is 0 Å². The second kappa shape index (κ2) is 4.47. The smallest absolute Gasteiger partial charge is 0.221 e. The van der Waals surface area contributed by atoms with Crippen LogP contribution in [0.25, 0.3) is 0 Å². The number of hydrogen-bond acceptors (Lipinski definition) is 2. The van der Waals surface area contributed by atoms with Gasteiger partial charge in [0.1, 0.15) is 0 Å². The maximum absolute atomic E-state index is 12.3. The second-order valence-electron chi connectivity index (χ2n) is 8.23. The standard InChI is InChI=1S/C16H28N2O/c1-15(2,10-17)18-14(19)9-16-6-11-3-12(7-16)5-13(4-11)8-16/h11-13H,3-10,17H2,1-2H3,(H,18,19). The molecule has 3 N–H and O–H groups in total. The lowest BCUT2D eigenvalue weighted by Gasteiger charge is -2.56. The first-order valence-corrected chi connectivity index (χ1v) is 7.91. The van der Waals surface area contributed by atoms with Crippen LogP contribution >= 0.6 is 0 Å². The second-order valence-corrected chi connectivity index (χ2v) is 8.23. The van der Waals surface area contributed by atoms with E-state index in [1.165, 1.54) is 38.5 Å². The number of hydrogen-bond donors (Lipinski definition) is 2. The number of carbonyl (C=O) groups excluding carboxylic acids is 1. The molecule has 0 aromatic rings. The first kappa shape index (κ1) is 13.4. The molecule has 0 heterocycles. The van der Waals surface area contributed by atoms with Gasteiger partial charge in [0.05, 0.1) is 0 Å². The molecule has 108 valence electrons. The molecule has 0 aromatic heterocycles. The van der Waals surface area contributed by atoms with Crippen LogP contribution in [0.4, 0.5) is 0 Å². The van der Waals surface area contributed by atoms with Gasteiger partial charge in [-0.2, -0.15) is 0 Å². The quantitative estimate of drug-likeness (QED) is 0.819. The van der Waals surface area contributed by atoms with Crippen LogP contribution in [0.5, 0.6) is 0 Å². The summed E-state index contributed by atoms with van der Waals surface area (Å²) in [5, 5.41) is 3.12. The van der Waals surface area contributed by atoms with E-state index >= 15 is 0 Å². The Labute approximate surface area is 116 Å². The fourth-order valence-corrected chi connectivity index (χ4v) is 5.32. The maximum atomic E-state index is 12.3. The minimum atomic E-state index is -0.265. The molecule has 4 bridgehead atoms. The van der Waals surface area contributed by atoms with Crippen molar-refractivity contribution < 1.29 is 4.79 Å². The van der Waals surface area contributed by atoms with Crippen LogP contribution < -0.4 is 11.1 Å². The molecule has 1 amide bonds. The summed E-state index contributed by atoms with van der Waals surface area (Å²) in [6, 6.07) is 0. The van der Waals surface area contributed by atoms with Crippen molar-refractivity contribution in [2.24, 2.45) is 28.9 Å². The third-order valence-electron chi connectivity index (χ3n) is 5.69. The Balaban J connectivity index is 1.65. The number of nitrogens with one attached hydrogen (secondary N) is 1. The summed E-state index contributed by atoms with van der Waals surface area (Å²) in [5.74, 6) is 2.97. The molecule has 0 aliphatic heterocycles. The number of carbonyl (C=O) groups is 1. The first-order chi connectivity index (χ1) is 8.90. The van der Waals surface area contributed by atoms with E-state index in [0.29, 0.717) is 12.0 Å². The maximum Gasteiger partial charge on any atom is 0.221 e. The molecule has 0 spiro atoms. The fraction of sp³-hybridized carbons (Fsp3) is 0.938. The van der Waals surface area contributed by atoms with Crippen molar-refractivity contribution >= 4 is 5.91 Å². The van der Waals surface area contributed by atoms with Gasteiger partial charge in [-0.25, -0.2) is 0 Å². The molecule has 0 aromatic carbocycles. The van der Waals surface area contributed by atoms with Crippen LogP contribution in [0.3, 0.4) is 0 Å². The lowest BCUT2D eigenvalue weighted by molar-refractivity contribution is -0.130. The summed E-state index contributed by atoms with van der Waals surface area (Å²) >= 11 is 0. The third kappa shape index (κ3) is 2.67. The van der Waals surface area contributed by atoms with Crippen molar-refractivity contribution in [3.63, 3.8) is 0 Å². The highest BCUT2D eigenvalue weighted by Gasteiger charge is 2.51. The molecular formula is C16H28N2O. The van der Waals surface area contributed by atoms with Gasteiger partial charge in [0.25, 0.3) is 0 Å². The van der Waals surface area contributed by atoms with E-state index in [2.05, 4.69) is 5.32 Å². The Bertz CT molecular complexity index is 340. The highest BCUT2D eigenvalue weighted by molar-refractivity contribution is 5.77. The summed E-state index contributed by atoms with van der Waals surface area (Å²) < 4.78 is 0. The van der Waals surface area contributed by atoms with Gasteiger partial charge in [-0.3, -0.25) is 4.79 Å². The van der Waals surface area contributed by atoms with Gasteiger partial charge in [-0.1, -0.05) is 0 Å². The Morgan fingerprint density at radius 2 is 1.63 bits per heavy atom. The van der Waals surface area contributed by atoms with Gasteiger partial charge >= 0.3 is 0 Å². The summed E-state index contributed by atoms with van der Waals surface area (Å²) in [4.78, 5) is 12.3. The zero-order chi connectivity index (χ0) is 13.7. The molecule has 0 saturated heterocycles. The van der Waals surface area contributed by atoms with Gasteiger partial charge in [-0.05, 0) is 75.5 Å². The van der Waals surface area contributed by atoms with Gasteiger partial charge in [0, 0.05) is 18.5 Å². The molecule has 0 radical (unpaired) electrons. The Hall–Kier alpha value is -0.570. The van der Waals surface area contributed by atoms with Crippen LogP contribution in [-0.4, -0.2) is 18.0 Å². The molecule has 4 aliphatic rings. The van der Waals surface area contributed by atoms with Crippen molar-refractivity contribution in [3.8, 4) is 0 Å². The van der Waals surface area contributed by atoms with Crippen molar-refractivity contribution in [2.45, 2.75) is 64.3 Å². The molecule has 0 atom stereocenters. The molecule has 3 heteroatoms. The summed E-state index contributed by atoms with van der Waals surface area (Å²) in [6.07, 6.45) is 8.96. The van der Waals surface area contributed by atoms with E-state index in [-0.39, 0.29) is 11.4 Å². The molecule has 19 heavy (non-hydrogen) atoms. The molecule has 3 nitrogen and oxygen atoms in total. The van der Waals surface area contributed by atoms with Crippen LogP contribution in [0, 0.1) is 23.2 Å². The number of rotatable bonds is 4. The van der Waals surface area contributed by atoms with Crippen LogP contribution in [0.1, 0.15) is 58.8 Å². The largest absolute Gasteiger partial charge is 0.350 e. The number of amides is 1. The van der Waals surface area contributed by atoms with Crippen molar-refractivity contribution in [2.75, 3.05) is 6.54 Å². The molecule has 0 unspecified atom stereocenters. The molecule has 4 aliphatic carbocycles. The van der Waals surface area contributed by atoms with E-state index in [4.69, 9.17) is 5.73 Å². The Kier molecular flexibility index (Phi) is 3.16. The lowest BCUT2D eigenvalue weighted by Crippen LogP contribution is -2.52. The van der Waals surface area contributed by atoms with Gasteiger partial charge in [0.15, 0.2) is 0 Å². The predicted molar refractivity (Wildman–Crippen MR) is 76.5 cm³/mol. The van der Waals surface area contributed by atoms with Gasteiger partial charge < -0.3 is 11.1 Å². The molecule has 4 saturated carbocycles. The highest BCUT2D eigenvalue weighted by Crippen LogP contribution is 2.61. The van der Waals surface area contributed by atoms with E-state index in [1.54, 1.807) is 0 Å². The molecule has 4 rings (SSSR count). The van der Waals surface area contributed by atoms with Gasteiger partial charge in [0.2, 0.25) is 5.91 Å². The third-order valence-corrected chi connectivity index (χ3v) is 5.69. The Morgan fingerprint density at radius 3 is 2.05 bits per heavy atom. The predicted octanol–water partition coefficient (Wildman–Crippen LogP) is 2.45. The minimum Gasteiger partial charge on any atom is -0.350 e. The average molecular weight is 264 g/mol. The molecule has 4 fully saturated rings. The van der Waals surface area contributed by atoms with Gasteiger partial charge in [-0.15, -0.1) is 0 Å². The Morgan fingerprint density at radius 1 is 1.16 bits per heavy atom. The number of nitrogens with two attached hydrogens (primary N) is 1. The summed E-state index contributed by atoms with van der Waals surface area (Å²) in [7, 11) is 0. The normalized spacial score (nSPS) is 40.5. The van der Waals surface area contributed by atoms with Crippen molar-refractivity contribution in [1.82, 2.24) is 5.32 Å².